The van der Waals surface area contributed by atoms with Gasteiger partial charge in [-0.3, -0.25) is 0 Å². The number of aromatic nitrogens is 2. The Labute approximate surface area is 121 Å². The number of ether oxygens (including phenoxy) is 1. The molecule has 5 nitrogen and oxygen atoms in total. The Balaban J connectivity index is 2.19. The molecule has 0 saturated carbocycles. The Morgan fingerprint density at radius 2 is 2.00 bits per heavy atom. The number of piperidine rings is 1. The molecule has 2 heterocycles. The molecule has 1 aliphatic rings. The minimum Gasteiger partial charge on any atom is -0.490 e. The summed E-state index contributed by atoms with van der Waals surface area (Å²) in [4.78, 5) is 11.0. The van der Waals surface area contributed by atoms with Crippen LogP contribution in [0.1, 0.15) is 40.0 Å². The summed E-state index contributed by atoms with van der Waals surface area (Å²) in [5.74, 6) is 2.47. The Morgan fingerprint density at radius 3 is 2.60 bits per heavy atom. The van der Waals surface area contributed by atoms with Crippen LogP contribution in [0.5, 0.6) is 5.75 Å². The molecule has 0 unspecified atom stereocenters. The first-order valence-corrected chi connectivity index (χ1v) is 7.45. The first-order valence-electron chi connectivity index (χ1n) is 7.45. The van der Waals surface area contributed by atoms with Crippen LogP contribution in [0.3, 0.4) is 0 Å². The van der Waals surface area contributed by atoms with Crippen molar-refractivity contribution < 1.29 is 4.74 Å². The number of nitrogens with one attached hydrogen (secondary N) is 1. The van der Waals surface area contributed by atoms with E-state index in [9.17, 15) is 0 Å². The molecule has 5 heteroatoms. The van der Waals surface area contributed by atoms with E-state index in [1.54, 1.807) is 13.4 Å². The van der Waals surface area contributed by atoms with E-state index in [2.05, 4.69) is 41.0 Å². The lowest BCUT2D eigenvalue weighted by atomic mass is 9.83. The number of anilines is 2. The molecule has 1 fully saturated rings. The number of hydrogen-bond donors (Lipinski definition) is 1. The van der Waals surface area contributed by atoms with Gasteiger partial charge < -0.3 is 15.0 Å². The van der Waals surface area contributed by atoms with Gasteiger partial charge in [0.25, 0.3) is 0 Å². The topological polar surface area (TPSA) is 50.3 Å². The fourth-order valence-corrected chi connectivity index (χ4v) is 2.47. The number of rotatable bonds is 5. The minimum atomic E-state index is 0.431. The summed E-state index contributed by atoms with van der Waals surface area (Å²) in [5.41, 5.74) is 0.431. The van der Waals surface area contributed by atoms with Gasteiger partial charge >= 0.3 is 0 Å². The fraction of sp³-hybridized carbons (Fsp3) is 0.733. The molecule has 0 aromatic carbocycles. The second kappa shape index (κ2) is 6.29. The van der Waals surface area contributed by atoms with Crippen molar-refractivity contribution in [3.63, 3.8) is 0 Å². The van der Waals surface area contributed by atoms with E-state index >= 15 is 0 Å². The summed E-state index contributed by atoms with van der Waals surface area (Å²) in [6, 6.07) is 0. The van der Waals surface area contributed by atoms with Gasteiger partial charge in [0.1, 0.15) is 6.33 Å². The molecule has 0 aliphatic carbocycles. The molecule has 0 radical (unpaired) electrons. The van der Waals surface area contributed by atoms with Crippen LogP contribution in [0.4, 0.5) is 11.6 Å². The van der Waals surface area contributed by atoms with Gasteiger partial charge in [0.15, 0.2) is 11.6 Å². The Bertz CT molecular complexity index is 437. The van der Waals surface area contributed by atoms with Crippen LogP contribution < -0.4 is 15.0 Å². The molecule has 1 aromatic rings. The Morgan fingerprint density at radius 1 is 1.30 bits per heavy atom. The zero-order chi connectivity index (χ0) is 14.6. The molecule has 1 aromatic heterocycles. The molecule has 1 aliphatic heterocycles. The lowest BCUT2D eigenvalue weighted by molar-refractivity contribution is 0.277. The van der Waals surface area contributed by atoms with Crippen molar-refractivity contribution in [3.05, 3.63) is 6.33 Å². The highest BCUT2D eigenvalue weighted by Crippen LogP contribution is 2.37. The average molecular weight is 278 g/mol. The second-order valence-electron chi connectivity index (χ2n) is 6.16. The van der Waals surface area contributed by atoms with E-state index in [1.807, 2.05) is 0 Å². The Hall–Kier alpha value is -1.52. The Kier molecular flexibility index (Phi) is 4.68. The van der Waals surface area contributed by atoms with Crippen molar-refractivity contribution in [1.82, 2.24) is 9.97 Å². The SMILES string of the molecule is CCCNc1ncnc(N2CCC(C)(C)CC2)c1OC. The standard InChI is InChI=1S/C15H26N4O/c1-5-8-16-13-12(20-4)14(18-11-17-13)19-9-6-15(2,3)7-10-19/h11H,5-10H2,1-4H3,(H,16,17,18). The maximum atomic E-state index is 5.55. The predicted octanol–water partition coefficient (Wildman–Crippen LogP) is 2.93. The molecule has 1 N–H and O–H groups in total. The van der Waals surface area contributed by atoms with Gasteiger partial charge in [-0.25, -0.2) is 9.97 Å². The van der Waals surface area contributed by atoms with Gasteiger partial charge in [-0.15, -0.1) is 0 Å². The summed E-state index contributed by atoms with van der Waals surface area (Å²) < 4.78 is 5.55. The monoisotopic (exact) mass is 278 g/mol. The van der Waals surface area contributed by atoms with E-state index in [0.29, 0.717) is 5.41 Å². The van der Waals surface area contributed by atoms with Crippen molar-refractivity contribution >= 4 is 11.6 Å². The van der Waals surface area contributed by atoms with Crippen LogP contribution in [-0.4, -0.2) is 36.7 Å². The predicted molar refractivity (Wildman–Crippen MR) is 82.6 cm³/mol. The molecule has 112 valence electrons. The molecular formula is C15H26N4O. The normalized spacial score (nSPS) is 17.9. The summed E-state index contributed by atoms with van der Waals surface area (Å²) >= 11 is 0. The van der Waals surface area contributed by atoms with E-state index in [1.165, 1.54) is 12.8 Å². The van der Waals surface area contributed by atoms with Crippen molar-refractivity contribution in [2.45, 2.75) is 40.0 Å². The summed E-state index contributed by atoms with van der Waals surface area (Å²) in [6.07, 6.45) is 5.03. The number of hydrogen-bond acceptors (Lipinski definition) is 5. The molecule has 20 heavy (non-hydrogen) atoms. The van der Waals surface area contributed by atoms with Gasteiger partial charge in [-0.2, -0.15) is 0 Å². The molecular weight excluding hydrogens is 252 g/mol. The number of methoxy groups -OCH3 is 1. The molecule has 0 spiro atoms. The molecule has 0 bridgehead atoms. The largest absolute Gasteiger partial charge is 0.490 e. The minimum absolute atomic E-state index is 0.431. The zero-order valence-electron chi connectivity index (χ0n) is 13.1. The molecule has 0 atom stereocenters. The van der Waals surface area contributed by atoms with Crippen molar-refractivity contribution in [2.24, 2.45) is 5.41 Å². The first kappa shape index (κ1) is 14.9. The van der Waals surface area contributed by atoms with Gasteiger partial charge in [-0.1, -0.05) is 20.8 Å². The number of nitrogens with zero attached hydrogens (tertiary/aromatic N) is 3. The highest BCUT2D eigenvalue weighted by Gasteiger charge is 2.28. The van der Waals surface area contributed by atoms with Crippen molar-refractivity contribution in [2.75, 3.05) is 37.0 Å². The molecule has 1 saturated heterocycles. The highest BCUT2D eigenvalue weighted by molar-refractivity contribution is 5.64. The van der Waals surface area contributed by atoms with Crippen LogP contribution in [0, 0.1) is 5.41 Å². The zero-order valence-corrected chi connectivity index (χ0v) is 13.1. The van der Waals surface area contributed by atoms with Gasteiger partial charge in [0.05, 0.1) is 7.11 Å². The maximum absolute atomic E-state index is 5.55. The fourth-order valence-electron chi connectivity index (χ4n) is 2.47. The van der Waals surface area contributed by atoms with E-state index in [0.717, 1.165) is 43.4 Å². The average Bonchev–Trinajstić information content (AvgIpc) is 2.44. The first-order chi connectivity index (χ1) is 9.57. The maximum Gasteiger partial charge on any atom is 0.204 e. The van der Waals surface area contributed by atoms with Gasteiger partial charge in [0, 0.05) is 19.6 Å². The van der Waals surface area contributed by atoms with Crippen molar-refractivity contribution in [3.8, 4) is 5.75 Å². The molecule has 2 rings (SSSR count). The highest BCUT2D eigenvalue weighted by atomic mass is 16.5. The second-order valence-corrected chi connectivity index (χ2v) is 6.16. The van der Waals surface area contributed by atoms with Crippen LogP contribution in [0.25, 0.3) is 0 Å². The third-order valence-electron chi connectivity index (χ3n) is 3.95. The lowest BCUT2D eigenvalue weighted by Gasteiger charge is -2.38. The third-order valence-corrected chi connectivity index (χ3v) is 3.95. The lowest BCUT2D eigenvalue weighted by Crippen LogP contribution is -2.38. The van der Waals surface area contributed by atoms with Gasteiger partial charge in [0.2, 0.25) is 5.75 Å². The van der Waals surface area contributed by atoms with Crippen LogP contribution in [-0.2, 0) is 0 Å². The van der Waals surface area contributed by atoms with Crippen LogP contribution in [0.2, 0.25) is 0 Å². The van der Waals surface area contributed by atoms with E-state index < -0.39 is 0 Å². The van der Waals surface area contributed by atoms with E-state index in [-0.39, 0.29) is 0 Å². The van der Waals surface area contributed by atoms with Crippen molar-refractivity contribution in [1.29, 1.82) is 0 Å². The summed E-state index contributed by atoms with van der Waals surface area (Å²) in [6.45, 7) is 9.72. The van der Waals surface area contributed by atoms with E-state index in [4.69, 9.17) is 4.74 Å². The van der Waals surface area contributed by atoms with Crippen LogP contribution >= 0.6 is 0 Å². The smallest absolute Gasteiger partial charge is 0.204 e. The molecule has 0 amide bonds. The summed E-state index contributed by atoms with van der Waals surface area (Å²) in [7, 11) is 1.69. The third kappa shape index (κ3) is 3.32. The summed E-state index contributed by atoms with van der Waals surface area (Å²) in [5, 5.41) is 3.31. The quantitative estimate of drug-likeness (QED) is 0.897. The van der Waals surface area contributed by atoms with Crippen LogP contribution in [0.15, 0.2) is 6.33 Å². The van der Waals surface area contributed by atoms with Gasteiger partial charge in [-0.05, 0) is 24.7 Å².